The largest absolute Gasteiger partial charge is 0.311 e. The first-order chi connectivity index (χ1) is 13.6. The van der Waals surface area contributed by atoms with Crippen molar-refractivity contribution in [1.82, 2.24) is 9.97 Å². The fourth-order valence-electron chi connectivity index (χ4n) is 3.39. The molecule has 0 atom stereocenters. The first kappa shape index (κ1) is 18.9. The molecule has 2 aromatic carbocycles. The lowest BCUT2D eigenvalue weighted by Crippen LogP contribution is -2.32. The molecule has 0 spiro atoms. The normalized spacial score (nSPS) is 11.2. The Labute approximate surface area is 172 Å². The molecule has 1 amide bonds. The lowest BCUT2D eigenvalue weighted by molar-refractivity contribution is -0.116. The molecule has 0 saturated carbocycles. The number of aromatic nitrogens is 2. The number of hydrogen-bond acceptors (Lipinski definition) is 5. The van der Waals surface area contributed by atoms with Gasteiger partial charge in [0.25, 0.3) is 0 Å². The number of benzene rings is 2. The maximum absolute atomic E-state index is 13.1. The molecule has 4 aromatic rings. The lowest BCUT2D eigenvalue weighted by atomic mass is 10.1. The van der Waals surface area contributed by atoms with Crippen molar-refractivity contribution in [3.63, 3.8) is 0 Å². The lowest BCUT2D eigenvalue weighted by Gasteiger charge is -2.22. The molecule has 4 rings (SSSR count). The van der Waals surface area contributed by atoms with Gasteiger partial charge in [-0.05, 0) is 37.8 Å². The summed E-state index contributed by atoms with van der Waals surface area (Å²) < 4.78 is 0. The molecular weight excluding hydrogens is 386 g/mol. The van der Waals surface area contributed by atoms with Gasteiger partial charge in [0.2, 0.25) is 5.91 Å². The van der Waals surface area contributed by atoms with E-state index >= 15 is 0 Å². The van der Waals surface area contributed by atoms with Crippen molar-refractivity contribution in [3.8, 4) is 0 Å². The van der Waals surface area contributed by atoms with Gasteiger partial charge in [0.15, 0.2) is 0 Å². The van der Waals surface area contributed by atoms with Gasteiger partial charge in [-0.1, -0.05) is 48.2 Å². The van der Waals surface area contributed by atoms with Crippen molar-refractivity contribution < 1.29 is 4.79 Å². The van der Waals surface area contributed by atoms with Gasteiger partial charge in [0, 0.05) is 22.2 Å². The summed E-state index contributed by atoms with van der Waals surface area (Å²) in [6, 6.07) is 14.3. The molecule has 142 valence electrons. The SMILES string of the molecule is CCN(C(=O)CSc1ncnc2sc(C)c(C)c12)c1cccc2ccccc12. The molecule has 0 N–H and O–H groups in total. The van der Waals surface area contributed by atoms with E-state index in [1.807, 2.05) is 36.1 Å². The number of fused-ring (bicyclic) bond motifs is 2. The molecule has 0 saturated heterocycles. The summed E-state index contributed by atoms with van der Waals surface area (Å²) >= 11 is 3.17. The number of rotatable bonds is 5. The highest BCUT2D eigenvalue weighted by molar-refractivity contribution is 8.00. The van der Waals surface area contributed by atoms with Gasteiger partial charge in [0.05, 0.1) is 11.4 Å². The zero-order chi connectivity index (χ0) is 19.7. The quantitative estimate of drug-likeness (QED) is 0.319. The maximum atomic E-state index is 13.1. The molecular formula is C22H21N3OS2. The van der Waals surface area contributed by atoms with E-state index in [0.29, 0.717) is 12.3 Å². The van der Waals surface area contributed by atoms with Crippen molar-refractivity contribution in [3.05, 3.63) is 59.2 Å². The molecule has 0 aliphatic carbocycles. The van der Waals surface area contributed by atoms with E-state index in [2.05, 4.69) is 42.0 Å². The molecule has 28 heavy (non-hydrogen) atoms. The smallest absolute Gasteiger partial charge is 0.237 e. The molecule has 6 heteroatoms. The van der Waals surface area contributed by atoms with E-state index in [0.717, 1.165) is 31.7 Å². The minimum Gasteiger partial charge on any atom is -0.311 e. The molecule has 0 fully saturated rings. The number of thiophene rings is 1. The molecule has 0 radical (unpaired) electrons. The third kappa shape index (κ3) is 3.38. The predicted molar refractivity (Wildman–Crippen MR) is 120 cm³/mol. The van der Waals surface area contributed by atoms with Crippen LogP contribution in [0.3, 0.4) is 0 Å². The van der Waals surface area contributed by atoms with Crippen LogP contribution in [0.5, 0.6) is 0 Å². The minimum absolute atomic E-state index is 0.0835. The molecule has 2 heterocycles. The standard InChI is InChI=1S/C22H21N3OS2/c1-4-25(18-11-7-9-16-8-5-6-10-17(16)18)19(26)12-27-21-20-14(2)15(3)28-22(20)24-13-23-21/h5-11,13H,4,12H2,1-3H3. The second kappa shape index (κ2) is 7.89. The van der Waals surface area contributed by atoms with Crippen LogP contribution in [0.1, 0.15) is 17.4 Å². The number of aryl methyl sites for hydroxylation is 2. The topological polar surface area (TPSA) is 46.1 Å². The zero-order valence-electron chi connectivity index (χ0n) is 16.1. The summed E-state index contributed by atoms with van der Waals surface area (Å²) in [6.07, 6.45) is 1.59. The number of hydrogen-bond donors (Lipinski definition) is 0. The van der Waals surface area contributed by atoms with Crippen LogP contribution in [-0.2, 0) is 4.79 Å². The highest BCUT2D eigenvalue weighted by Crippen LogP contribution is 2.35. The second-order valence-corrected chi connectivity index (χ2v) is 8.73. The predicted octanol–water partition coefficient (Wildman–Crippen LogP) is 5.61. The number of nitrogens with zero attached hydrogens (tertiary/aromatic N) is 3. The van der Waals surface area contributed by atoms with Gasteiger partial charge in [-0.2, -0.15) is 0 Å². The van der Waals surface area contributed by atoms with Crippen molar-refractivity contribution in [2.75, 3.05) is 17.2 Å². The van der Waals surface area contributed by atoms with Crippen LogP contribution in [0.15, 0.2) is 53.8 Å². The summed E-state index contributed by atoms with van der Waals surface area (Å²) in [4.78, 5) is 26.0. The first-order valence-electron chi connectivity index (χ1n) is 9.21. The van der Waals surface area contributed by atoms with Crippen LogP contribution in [0.25, 0.3) is 21.0 Å². The summed E-state index contributed by atoms with van der Waals surface area (Å²) in [5.74, 6) is 0.428. The Morgan fingerprint density at radius 3 is 2.71 bits per heavy atom. The Kier molecular flexibility index (Phi) is 5.33. The van der Waals surface area contributed by atoms with E-state index < -0.39 is 0 Å². The Morgan fingerprint density at radius 2 is 1.89 bits per heavy atom. The molecule has 0 aliphatic heterocycles. The molecule has 0 bridgehead atoms. The average molecular weight is 408 g/mol. The maximum Gasteiger partial charge on any atom is 0.237 e. The van der Waals surface area contributed by atoms with E-state index in [4.69, 9.17) is 0 Å². The summed E-state index contributed by atoms with van der Waals surface area (Å²) in [5.41, 5.74) is 2.17. The average Bonchev–Trinajstić information content (AvgIpc) is 3.01. The minimum atomic E-state index is 0.0835. The Bertz CT molecular complexity index is 1160. The monoisotopic (exact) mass is 407 g/mol. The van der Waals surface area contributed by atoms with Crippen LogP contribution in [0.4, 0.5) is 5.69 Å². The number of amides is 1. The van der Waals surface area contributed by atoms with Crippen molar-refractivity contribution in [2.45, 2.75) is 25.8 Å². The van der Waals surface area contributed by atoms with Gasteiger partial charge in [-0.3, -0.25) is 4.79 Å². The molecule has 0 aliphatic rings. The van der Waals surface area contributed by atoms with Crippen molar-refractivity contribution in [1.29, 1.82) is 0 Å². The van der Waals surface area contributed by atoms with Gasteiger partial charge >= 0.3 is 0 Å². The Hall–Kier alpha value is -2.44. The van der Waals surface area contributed by atoms with Crippen LogP contribution in [0.2, 0.25) is 0 Å². The zero-order valence-corrected chi connectivity index (χ0v) is 17.7. The summed E-state index contributed by atoms with van der Waals surface area (Å²) in [7, 11) is 0. The highest BCUT2D eigenvalue weighted by Gasteiger charge is 2.18. The van der Waals surface area contributed by atoms with E-state index in [1.165, 1.54) is 22.2 Å². The number of carbonyl (C=O) groups excluding carboxylic acids is 1. The molecule has 2 aromatic heterocycles. The Morgan fingerprint density at radius 1 is 1.11 bits per heavy atom. The van der Waals surface area contributed by atoms with Gasteiger partial charge in [0.1, 0.15) is 16.2 Å². The first-order valence-corrected chi connectivity index (χ1v) is 11.0. The van der Waals surface area contributed by atoms with Crippen molar-refractivity contribution >= 4 is 55.7 Å². The number of carbonyl (C=O) groups is 1. The number of thioether (sulfide) groups is 1. The van der Waals surface area contributed by atoms with E-state index in [-0.39, 0.29) is 5.91 Å². The van der Waals surface area contributed by atoms with Crippen LogP contribution < -0.4 is 4.90 Å². The summed E-state index contributed by atoms with van der Waals surface area (Å²) in [6.45, 7) is 6.83. The Balaban J connectivity index is 1.61. The molecule has 4 nitrogen and oxygen atoms in total. The number of anilines is 1. The second-order valence-electron chi connectivity index (χ2n) is 6.57. The highest BCUT2D eigenvalue weighted by atomic mass is 32.2. The van der Waals surface area contributed by atoms with E-state index in [1.54, 1.807) is 17.7 Å². The third-order valence-corrected chi connectivity index (χ3v) is 7.03. The van der Waals surface area contributed by atoms with Crippen LogP contribution in [0, 0.1) is 13.8 Å². The third-order valence-electron chi connectivity index (χ3n) is 4.94. The summed E-state index contributed by atoms with van der Waals surface area (Å²) in [5, 5.41) is 4.20. The van der Waals surface area contributed by atoms with Crippen LogP contribution >= 0.6 is 23.1 Å². The van der Waals surface area contributed by atoms with Gasteiger partial charge in [-0.25, -0.2) is 9.97 Å². The fraction of sp³-hybridized carbons (Fsp3) is 0.227. The van der Waals surface area contributed by atoms with Gasteiger partial charge in [-0.15, -0.1) is 11.3 Å². The molecule has 0 unspecified atom stereocenters. The van der Waals surface area contributed by atoms with Crippen LogP contribution in [-0.4, -0.2) is 28.2 Å². The van der Waals surface area contributed by atoms with Crippen molar-refractivity contribution in [2.24, 2.45) is 0 Å². The van der Waals surface area contributed by atoms with E-state index in [9.17, 15) is 4.79 Å². The fourth-order valence-corrected chi connectivity index (χ4v) is 5.39. The van der Waals surface area contributed by atoms with Gasteiger partial charge < -0.3 is 4.90 Å².